The van der Waals surface area contributed by atoms with Crippen LogP contribution in [0.1, 0.15) is 17.2 Å². The van der Waals surface area contributed by atoms with E-state index in [0.717, 1.165) is 6.42 Å². The Hall–Kier alpha value is -1.47. The fraction of sp³-hybridized carbons (Fsp3) is 0.125. The molecule has 2 aromatic carbocycles. The van der Waals surface area contributed by atoms with E-state index in [0.29, 0.717) is 5.25 Å². The highest BCUT2D eigenvalue weighted by Gasteiger charge is 2.10. The van der Waals surface area contributed by atoms with Crippen molar-refractivity contribution in [2.45, 2.75) is 16.6 Å². The van der Waals surface area contributed by atoms with Crippen LogP contribution in [0.3, 0.4) is 0 Å². The van der Waals surface area contributed by atoms with Gasteiger partial charge in [0.2, 0.25) is 0 Å². The van der Waals surface area contributed by atoms with Gasteiger partial charge in [0.25, 0.3) is 0 Å². The summed E-state index contributed by atoms with van der Waals surface area (Å²) < 4.78 is 0. The number of benzene rings is 2. The topological polar surface area (TPSA) is 0 Å². The first-order valence-corrected chi connectivity index (χ1v) is 6.65. The van der Waals surface area contributed by atoms with E-state index >= 15 is 0 Å². The fourth-order valence-electron chi connectivity index (χ4n) is 1.73. The van der Waals surface area contributed by atoms with Crippen LogP contribution in [-0.2, 0) is 0 Å². The van der Waals surface area contributed by atoms with E-state index in [1.807, 2.05) is 17.8 Å². The van der Waals surface area contributed by atoms with Gasteiger partial charge in [-0.15, -0.1) is 18.3 Å². The number of allylic oxidation sites excluding steroid dienone is 1. The summed E-state index contributed by atoms with van der Waals surface area (Å²) in [6, 6.07) is 21.1. The summed E-state index contributed by atoms with van der Waals surface area (Å²) in [5.41, 5.74) is 1.36. The quantitative estimate of drug-likeness (QED) is 0.518. The third kappa shape index (κ3) is 3.50. The van der Waals surface area contributed by atoms with Crippen LogP contribution in [0.2, 0.25) is 0 Å². The first-order valence-electron chi connectivity index (χ1n) is 5.77. The zero-order chi connectivity index (χ0) is 11.9. The van der Waals surface area contributed by atoms with Crippen LogP contribution in [0.15, 0.2) is 78.2 Å². The Morgan fingerprint density at radius 1 is 0.941 bits per heavy atom. The molecule has 1 heteroatoms. The molecule has 2 rings (SSSR count). The average Bonchev–Trinajstić information content (AvgIpc) is 2.40. The predicted molar refractivity (Wildman–Crippen MR) is 76.3 cm³/mol. The maximum absolute atomic E-state index is 3.85. The van der Waals surface area contributed by atoms with E-state index in [1.165, 1.54) is 10.5 Å². The monoisotopic (exact) mass is 240 g/mol. The Kier molecular flexibility index (Phi) is 4.45. The minimum atomic E-state index is 0.455. The lowest BCUT2D eigenvalue weighted by molar-refractivity contribution is 0.971. The van der Waals surface area contributed by atoms with Gasteiger partial charge in [-0.1, -0.05) is 54.6 Å². The van der Waals surface area contributed by atoms with E-state index in [-0.39, 0.29) is 0 Å². The molecule has 0 amide bonds. The average molecular weight is 240 g/mol. The van der Waals surface area contributed by atoms with Gasteiger partial charge in [-0.3, -0.25) is 0 Å². The Morgan fingerprint density at radius 3 is 2.12 bits per heavy atom. The van der Waals surface area contributed by atoms with Crippen LogP contribution in [0.25, 0.3) is 0 Å². The van der Waals surface area contributed by atoms with Gasteiger partial charge in [-0.05, 0) is 24.1 Å². The minimum Gasteiger partial charge on any atom is -0.118 e. The Morgan fingerprint density at radius 2 is 1.53 bits per heavy atom. The highest BCUT2D eigenvalue weighted by atomic mass is 32.2. The van der Waals surface area contributed by atoms with E-state index in [9.17, 15) is 0 Å². The Labute approximate surface area is 107 Å². The minimum absolute atomic E-state index is 0.455. The second-order valence-corrected chi connectivity index (χ2v) is 5.13. The van der Waals surface area contributed by atoms with Crippen LogP contribution in [0.5, 0.6) is 0 Å². The molecule has 0 radical (unpaired) electrons. The van der Waals surface area contributed by atoms with Crippen LogP contribution in [0.4, 0.5) is 0 Å². The molecule has 0 spiro atoms. The lowest BCUT2D eigenvalue weighted by Crippen LogP contribution is -1.92. The highest BCUT2D eigenvalue weighted by molar-refractivity contribution is 7.99. The van der Waals surface area contributed by atoms with E-state index in [4.69, 9.17) is 0 Å². The zero-order valence-electron chi connectivity index (χ0n) is 9.75. The summed E-state index contributed by atoms with van der Waals surface area (Å²) in [6.45, 7) is 3.85. The van der Waals surface area contributed by atoms with Crippen molar-refractivity contribution in [3.8, 4) is 0 Å². The number of rotatable bonds is 5. The largest absolute Gasteiger partial charge is 0.118 e. The number of hydrogen-bond acceptors (Lipinski definition) is 1. The normalized spacial score (nSPS) is 12.0. The molecule has 0 bridgehead atoms. The molecule has 17 heavy (non-hydrogen) atoms. The second-order valence-electron chi connectivity index (χ2n) is 3.85. The molecule has 0 fully saturated rings. The van der Waals surface area contributed by atoms with E-state index < -0.39 is 0 Å². The molecule has 2 aromatic rings. The number of hydrogen-bond donors (Lipinski definition) is 0. The first-order chi connectivity index (χ1) is 8.40. The second kappa shape index (κ2) is 6.31. The summed E-state index contributed by atoms with van der Waals surface area (Å²) in [7, 11) is 0. The van der Waals surface area contributed by atoms with Crippen molar-refractivity contribution in [3.63, 3.8) is 0 Å². The molecule has 0 aliphatic rings. The van der Waals surface area contributed by atoms with Crippen molar-refractivity contribution in [2.24, 2.45) is 0 Å². The van der Waals surface area contributed by atoms with Gasteiger partial charge < -0.3 is 0 Å². The molecular formula is C16H16S. The third-order valence-corrected chi connectivity index (χ3v) is 3.87. The van der Waals surface area contributed by atoms with Crippen LogP contribution >= 0.6 is 11.8 Å². The summed E-state index contributed by atoms with van der Waals surface area (Å²) in [4.78, 5) is 1.31. The molecule has 0 aromatic heterocycles. The van der Waals surface area contributed by atoms with Gasteiger partial charge in [0, 0.05) is 10.1 Å². The summed E-state index contributed by atoms with van der Waals surface area (Å²) in [6.07, 6.45) is 2.98. The van der Waals surface area contributed by atoms with Gasteiger partial charge >= 0.3 is 0 Å². The summed E-state index contributed by atoms with van der Waals surface area (Å²) >= 11 is 1.90. The molecule has 0 aliphatic heterocycles. The van der Waals surface area contributed by atoms with Gasteiger partial charge in [-0.2, -0.15) is 0 Å². The molecule has 0 N–H and O–H groups in total. The highest BCUT2D eigenvalue weighted by Crippen LogP contribution is 2.37. The van der Waals surface area contributed by atoms with Crippen LogP contribution in [-0.4, -0.2) is 0 Å². The molecule has 0 saturated heterocycles. The predicted octanol–water partition coefficient (Wildman–Crippen LogP) is 5.10. The van der Waals surface area contributed by atoms with Gasteiger partial charge in [0.05, 0.1) is 0 Å². The first kappa shape index (κ1) is 12.0. The van der Waals surface area contributed by atoms with Crippen molar-refractivity contribution in [1.82, 2.24) is 0 Å². The van der Waals surface area contributed by atoms with Crippen molar-refractivity contribution >= 4 is 11.8 Å². The van der Waals surface area contributed by atoms with Gasteiger partial charge in [0.1, 0.15) is 0 Å². The summed E-state index contributed by atoms with van der Waals surface area (Å²) in [5.74, 6) is 0. The standard InChI is InChI=1S/C16H16S/c1-2-9-16(14-10-5-3-6-11-14)17-15-12-7-4-8-13-15/h2-8,10-13,16H,1,9H2. The van der Waals surface area contributed by atoms with Crippen molar-refractivity contribution < 1.29 is 0 Å². The van der Waals surface area contributed by atoms with Gasteiger partial charge in [-0.25, -0.2) is 0 Å². The maximum Gasteiger partial charge on any atom is 0.0378 e. The lowest BCUT2D eigenvalue weighted by Gasteiger charge is -2.15. The molecular weight excluding hydrogens is 224 g/mol. The summed E-state index contributed by atoms with van der Waals surface area (Å²) in [5, 5.41) is 0.455. The molecule has 0 saturated carbocycles. The molecule has 1 atom stereocenters. The van der Waals surface area contributed by atoms with Crippen LogP contribution < -0.4 is 0 Å². The number of thioether (sulfide) groups is 1. The Balaban J connectivity index is 2.16. The van der Waals surface area contributed by atoms with E-state index in [2.05, 4.69) is 67.2 Å². The Bertz CT molecular complexity index is 447. The molecule has 0 heterocycles. The SMILES string of the molecule is C=CCC(Sc1ccccc1)c1ccccc1. The fourth-order valence-corrected chi connectivity index (χ4v) is 2.90. The van der Waals surface area contributed by atoms with Crippen molar-refractivity contribution in [2.75, 3.05) is 0 Å². The molecule has 0 nitrogen and oxygen atoms in total. The van der Waals surface area contributed by atoms with E-state index in [1.54, 1.807) is 0 Å². The zero-order valence-corrected chi connectivity index (χ0v) is 10.6. The smallest absolute Gasteiger partial charge is 0.0378 e. The van der Waals surface area contributed by atoms with Crippen molar-refractivity contribution in [1.29, 1.82) is 0 Å². The molecule has 0 aliphatic carbocycles. The maximum atomic E-state index is 3.85. The lowest BCUT2D eigenvalue weighted by atomic mass is 10.1. The molecule has 86 valence electrons. The molecule has 1 unspecified atom stereocenters. The van der Waals surface area contributed by atoms with Crippen molar-refractivity contribution in [3.05, 3.63) is 78.9 Å². The third-order valence-electron chi connectivity index (χ3n) is 2.57. The van der Waals surface area contributed by atoms with Gasteiger partial charge in [0.15, 0.2) is 0 Å². The van der Waals surface area contributed by atoms with Crippen LogP contribution in [0, 0.1) is 0 Å².